The van der Waals surface area contributed by atoms with Crippen molar-refractivity contribution in [1.29, 1.82) is 0 Å². The highest BCUT2D eigenvalue weighted by molar-refractivity contribution is 7.80. The summed E-state index contributed by atoms with van der Waals surface area (Å²) in [5.74, 6) is -0.312. The van der Waals surface area contributed by atoms with Crippen LogP contribution in [0.4, 0.5) is 4.39 Å². The number of hydrogen-bond acceptors (Lipinski definition) is 2. The molecule has 2 N–H and O–H groups in total. The summed E-state index contributed by atoms with van der Waals surface area (Å²) in [6.07, 6.45) is 0. The van der Waals surface area contributed by atoms with E-state index in [2.05, 4.69) is 0 Å². The largest absolute Gasteiger partial charge is 0.389 e. The first-order valence-electron chi connectivity index (χ1n) is 5.86. The average molecular weight is 275 g/mol. The highest BCUT2D eigenvalue weighted by atomic mass is 32.1. The van der Waals surface area contributed by atoms with Gasteiger partial charge >= 0.3 is 0 Å². The molecule has 0 aliphatic carbocycles. The van der Waals surface area contributed by atoms with Crippen LogP contribution in [-0.4, -0.2) is 4.99 Å². The minimum atomic E-state index is -0.312. The van der Waals surface area contributed by atoms with Crippen molar-refractivity contribution < 1.29 is 9.13 Å². The van der Waals surface area contributed by atoms with Crippen LogP contribution in [0.1, 0.15) is 16.7 Å². The number of thiocarbonyl (C=S) groups is 1. The van der Waals surface area contributed by atoms with Gasteiger partial charge in [0.25, 0.3) is 0 Å². The van der Waals surface area contributed by atoms with Crippen LogP contribution in [0.3, 0.4) is 0 Å². The fourth-order valence-corrected chi connectivity index (χ4v) is 1.82. The molecule has 0 aliphatic heterocycles. The van der Waals surface area contributed by atoms with Crippen molar-refractivity contribution in [2.24, 2.45) is 5.73 Å². The van der Waals surface area contributed by atoms with E-state index in [0.29, 0.717) is 17.7 Å². The fraction of sp³-hybridized carbons (Fsp3) is 0.133. The van der Waals surface area contributed by atoms with Gasteiger partial charge in [-0.1, -0.05) is 42.5 Å². The molecule has 0 aromatic heterocycles. The maximum atomic E-state index is 13.6. The number of hydrogen-bond donors (Lipinski definition) is 1. The predicted octanol–water partition coefficient (Wildman–Crippen LogP) is 3.18. The van der Waals surface area contributed by atoms with Crippen molar-refractivity contribution in [3.05, 3.63) is 71.0 Å². The number of ether oxygens (including phenoxy) is 1. The van der Waals surface area contributed by atoms with E-state index < -0.39 is 0 Å². The molecular formula is C15H14FNOS. The van der Waals surface area contributed by atoms with Crippen LogP contribution in [0.5, 0.6) is 0 Å². The Balaban J connectivity index is 1.99. The lowest BCUT2D eigenvalue weighted by atomic mass is 10.1. The third-order valence-corrected chi connectivity index (χ3v) is 2.94. The summed E-state index contributed by atoms with van der Waals surface area (Å²) in [5.41, 5.74) is 7.68. The fourth-order valence-electron chi connectivity index (χ4n) is 1.69. The van der Waals surface area contributed by atoms with Gasteiger partial charge in [-0.3, -0.25) is 0 Å². The Morgan fingerprint density at radius 2 is 1.84 bits per heavy atom. The predicted molar refractivity (Wildman–Crippen MR) is 77.2 cm³/mol. The Morgan fingerprint density at radius 1 is 1.11 bits per heavy atom. The lowest BCUT2D eigenvalue weighted by Crippen LogP contribution is -2.10. The zero-order valence-electron chi connectivity index (χ0n) is 10.3. The van der Waals surface area contributed by atoms with Crippen LogP contribution in [0.2, 0.25) is 0 Å². The van der Waals surface area contributed by atoms with Gasteiger partial charge in [0.15, 0.2) is 0 Å². The summed E-state index contributed by atoms with van der Waals surface area (Å²) in [5, 5.41) is 0. The molecule has 0 unspecified atom stereocenters. The van der Waals surface area contributed by atoms with E-state index in [1.54, 1.807) is 12.1 Å². The second-order valence-corrected chi connectivity index (χ2v) is 4.59. The minimum Gasteiger partial charge on any atom is -0.389 e. The van der Waals surface area contributed by atoms with Crippen LogP contribution in [-0.2, 0) is 18.0 Å². The van der Waals surface area contributed by atoms with E-state index in [1.165, 1.54) is 6.07 Å². The van der Waals surface area contributed by atoms with Gasteiger partial charge in [-0.15, -0.1) is 0 Å². The highest BCUT2D eigenvalue weighted by Gasteiger charge is 2.05. The normalized spacial score (nSPS) is 10.4. The maximum absolute atomic E-state index is 13.6. The van der Waals surface area contributed by atoms with E-state index in [9.17, 15) is 4.39 Å². The number of rotatable bonds is 5. The van der Waals surface area contributed by atoms with Crippen LogP contribution < -0.4 is 5.73 Å². The van der Waals surface area contributed by atoms with Gasteiger partial charge in [0, 0.05) is 11.1 Å². The second kappa shape index (κ2) is 6.41. The van der Waals surface area contributed by atoms with Gasteiger partial charge in [0.2, 0.25) is 0 Å². The van der Waals surface area contributed by atoms with Crippen molar-refractivity contribution >= 4 is 17.2 Å². The summed E-state index contributed by atoms with van der Waals surface area (Å²) >= 11 is 4.87. The summed E-state index contributed by atoms with van der Waals surface area (Å²) in [6, 6.07) is 14.3. The molecule has 0 aliphatic rings. The van der Waals surface area contributed by atoms with E-state index >= 15 is 0 Å². The second-order valence-electron chi connectivity index (χ2n) is 4.15. The molecule has 0 atom stereocenters. The highest BCUT2D eigenvalue weighted by Crippen LogP contribution is 2.13. The van der Waals surface area contributed by atoms with Gasteiger partial charge in [-0.2, -0.15) is 0 Å². The Bertz CT molecular complexity index is 572. The zero-order chi connectivity index (χ0) is 13.7. The summed E-state index contributed by atoms with van der Waals surface area (Å²) < 4.78 is 19.1. The summed E-state index contributed by atoms with van der Waals surface area (Å²) in [4.78, 5) is 0.254. The van der Waals surface area contributed by atoms with Gasteiger partial charge in [-0.05, 0) is 23.8 Å². The van der Waals surface area contributed by atoms with Crippen molar-refractivity contribution in [1.82, 2.24) is 0 Å². The van der Waals surface area contributed by atoms with Crippen LogP contribution in [0.15, 0.2) is 48.5 Å². The molecule has 0 spiro atoms. The first kappa shape index (κ1) is 13.6. The van der Waals surface area contributed by atoms with Crippen molar-refractivity contribution in [3.63, 3.8) is 0 Å². The molecule has 98 valence electrons. The Kier molecular flexibility index (Phi) is 4.60. The molecule has 2 aromatic rings. The molecule has 0 saturated heterocycles. The third-order valence-electron chi connectivity index (χ3n) is 2.70. The Labute approximate surface area is 117 Å². The molecule has 2 aromatic carbocycles. The molecule has 0 radical (unpaired) electrons. The SMILES string of the molecule is NC(=S)c1ccc(F)c(COCc2ccccc2)c1. The monoisotopic (exact) mass is 275 g/mol. The Hall–Kier alpha value is -1.78. The molecule has 0 heterocycles. The summed E-state index contributed by atoms with van der Waals surface area (Å²) in [7, 11) is 0. The van der Waals surface area contributed by atoms with Gasteiger partial charge in [-0.25, -0.2) is 4.39 Å². The molecule has 0 saturated carbocycles. The lowest BCUT2D eigenvalue weighted by molar-refractivity contribution is 0.105. The van der Waals surface area contributed by atoms with Gasteiger partial charge < -0.3 is 10.5 Å². The molecule has 0 fully saturated rings. The minimum absolute atomic E-state index is 0.192. The van der Waals surface area contributed by atoms with Crippen molar-refractivity contribution in [3.8, 4) is 0 Å². The number of halogens is 1. The number of nitrogens with two attached hydrogens (primary N) is 1. The van der Waals surface area contributed by atoms with Crippen LogP contribution >= 0.6 is 12.2 Å². The number of benzene rings is 2. The molecular weight excluding hydrogens is 261 g/mol. The average Bonchev–Trinajstić information content (AvgIpc) is 2.42. The van der Waals surface area contributed by atoms with E-state index in [-0.39, 0.29) is 17.4 Å². The molecule has 2 rings (SSSR count). The van der Waals surface area contributed by atoms with E-state index in [0.717, 1.165) is 5.56 Å². The van der Waals surface area contributed by atoms with Crippen LogP contribution in [0.25, 0.3) is 0 Å². The zero-order valence-corrected chi connectivity index (χ0v) is 11.1. The first-order valence-corrected chi connectivity index (χ1v) is 6.27. The molecule has 2 nitrogen and oxygen atoms in total. The standard InChI is InChI=1S/C15H14FNOS/c16-14-7-6-12(15(17)19)8-13(14)10-18-9-11-4-2-1-3-5-11/h1-8H,9-10H2,(H2,17,19). The van der Waals surface area contributed by atoms with Gasteiger partial charge in [0.1, 0.15) is 10.8 Å². The van der Waals surface area contributed by atoms with Crippen molar-refractivity contribution in [2.45, 2.75) is 13.2 Å². The smallest absolute Gasteiger partial charge is 0.128 e. The molecule has 0 amide bonds. The van der Waals surface area contributed by atoms with E-state index in [4.69, 9.17) is 22.7 Å². The van der Waals surface area contributed by atoms with Crippen molar-refractivity contribution in [2.75, 3.05) is 0 Å². The summed E-state index contributed by atoms with van der Waals surface area (Å²) in [6.45, 7) is 0.634. The van der Waals surface area contributed by atoms with E-state index in [1.807, 2.05) is 30.3 Å². The molecule has 0 bridgehead atoms. The molecule has 4 heteroatoms. The lowest BCUT2D eigenvalue weighted by Gasteiger charge is -2.07. The maximum Gasteiger partial charge on any atom is 0.128 e. The Morgan fingerprint density at radius 3 is 2.53 bits per heavy atom. The topological polar surface area (TPSA) is 35.2 Å². The first-order chi connectivity index (χ1) is 9.16. The van der Waals surface area contributed by atoms with Crippen LogP contribution in [0, 0.1) is 5.82 Å². The third kappa shape index (κ3) is 3.84. The molecule has 19 heavy (non-hydrogen) atoms. The van der Waals surface area contributed by atoms with Gasteiger partial charge in [0.05, 0.1) is 13.2 Å². The quantitative estimate of drug-likeness (QED) is 0.851.